The second kappa shape index (κ2) is 5.31. The predicted octanol–water partition coefficient (Wildman–Crippen LogP) is 3.15. The summed E-state index contributed by atoms with van der Waals surface area (Å²) >= 11 is 3.54. The van der Waals surface area contributed by atoms with E-state index in [1.54, 1.807) is 0 Å². The lowest BCUT2D eigenvalue weighted by Gasteiger charge is -2.26. The quantitative estimate of drug-likeness (QED) is 0.912. The van der Waals surface area contributed by atoms with E-state index in [4.69, 9.17) is 0 Å². The van der Waals surface area contributed by atoms with E-state index >= 15 is 0 Å². The van der Waals surface area contributed by atoms with E-state index < -0.39 is 0 Å². The van der Waals surface area contributed by atoms with Gasteiger partial charge >= 0.3 is 0 Å². The molecule has 1 aliphatic heterocycles. The molecule has 0 unspecified atom stereocenters. The topological polar surface area (TPSA) is 41.1 Å². The minimum Gasteiger partial charge on any atom is -0.326 e. The van der Waals surface area contributed by atoms with Crippen molar-refractivity contribution in [1.29, 1.82) is 0 Å². The molecule has 2 aromatic rings. The Bertz CT molecular complexity index is 623. The number of nitrogens with one attached hydrogen (secondary N) is 2. The van der Waals surface area contributed by atoms with Gasteiger partial charge in [-0.1, -0.05) is 40.2 Å². The molecule has 0 spiro atoms. The summed E-state index contributed by atoms with van der Waals surface area (Å²) in [6.45, 7) is 1.91. The van der Waals surface area contributed by atoms with Crippen LogP contribution in [0.4, 0.5) is 5.69 Å². The van der Waals surface area contributed by atoms with Gasteiger partial charge in [-0.2, -0.15) is 0 Å². The molecule has 3 rings (SSSR count). The lowest BCUT2D eigenvalue weighted by atomic mass is 9.99. The number of fused-ring (bicyclic) bond motifs is 1. The maximum atomic E-state index is 12.0. The van der Waals surface area contributed by atoms with Crippen molar-refractivity contribution in [2.45, 2.75) is 6.42 Å². The van der Waals surface area contributed by atoms with Gasteiger partial charge in [-0.15, -0.1) is 0 Å². The van der Waals surface area contributed by atoms with Gasteiger partial charge in [-0.05, 0) is 36.5 Å². The summed E-state index contributed by atoms with van der Waals surface area (Å²) in [5.41, 5.74) is 0.885. The fourth-order valence-electron chi connectivity index (χ4n) is 2.33. The largest absolute Gasteiger partial charge is 0.326 e. The van der Waals surface area contributed by atoms with Crippen molar-refractivity contribution in [2.24, 2.45) is 5.92 Å². The molecule has 1 saturated heterocycles. The molecule has 0 aromatic heterocycles. The third kappa shape index (κ3) is 2.65. The summed E-state index contributed by atoms with van der Waals surface area (Å²) in [5, 5.41) is 8.39. The van der Waals surface area contributed by atoms with Crippen LogP contribution < -0.4 is 10.6 Å². The van der Waals surface area contributed by atoms with Crippen LogP contribution in [0.25, 0.3) is 10.8 Å². The number of hydrogen-bond donors (Lipinski definition) is 2. The molecular formula is C15H15BrN2O. The van der Waals surface area contributed by atoms with Crippen LogP contribution in [0.15, 0.2) is 40.9 Å². The van der Waals surface area contributed by atoms with E-state index in [1.165, 1.54) is 0 Å². The minimum absolute atomic E-state index is 0.0963. The van der Waals surface area contributed by atoms with Gasteiger partial charge in [-0.25, -0.2) is 0 Å². The van der Waals surface area contributed by atoms with Gasteiger partial charge in [0.15, 0.2) is 0 Å². The van der Waals surface area contributed by atoms with Crippen molar-refractivity contribution in [3.8, 4) is 0 Å². The third-order valence-corrected chi connectivity index (χ3v) is 4.18. The highest BCUT2D eigenvalue weighted by molar-refractivity contribution is 9.10. The number of carbonyl (C=O) groups excluding carboxylic acids is 1. The third-order valence-electron chi connectivity index (χ3n) is 3.49. The Morgan fingerprint density at radius 2 is 1.95 bits per heavy atom. The monoisotopic (exact) mass is 318 g/mol. The Hall–Kier alpha value is -1.39. The van der Waals surface area contributed by atoms with Crippen LogP contribution in [0.2, 0.25) is 0 Å². The fourth-order valence-corrected chi connectivity index (χ4v) is 2.81. The van der Waals surface area contributed by atoms with Crippen LogP contribution in [-0.2, 0) is 4.79 Å². The predicted molar refractivity (Wildman–Crippen MR) is 81.3 cm³/mol. The molecule has 4 heteroatoms. The summed E-state index contributed by atoms with van der Waals surface area (Å²) in [5.74, 6) is 0.584. The highest BCUT2D eigenvalue weighted by atomic mass is 79.9. The Morgan fingerprint density at radius 3 is 2.63 bits per heavy atom. The van der Waals surface area contributed by atoms with E-state index in [0.717, 1.165) is 34.0 Å². The van der Waals surface area contributed by atoms with E-state index in [-0.39, 0.29) is 5.91 Å². The first-order valence-corrected chi connectivity index (χ1v) is 7.21. The second-order valence-electron chi connectivity index (χ2n) is 4.92. The van der Waals surface area contributed by atoms with Crippen LogP contribution in [0.1, 0.15) is 6.42 Å². The Morgan fingerprint density at radius 1 is 1.21 bits per heavy atom. The van der Waals surface area contributed by atoms with Crippen molar-refractivity contribution in [3.63, 3.8) is 0 Å². The minimum atomic E-state index is 0.0963. The molecule has 0 radical (unpaired) electrons. The summed E-state index contributed by atoms with van der Waals surface area (Å²) in [6, 6.07) is 12.0. The highest BCUT2D eigenvalue weighted by Gasteiger charge is 2.20. The van der Waals surface area contributed by atoms with E-state index in [2.05, 4.69) is 26.6 Å². The molecule has 3 nitrogen and oxygen atoms in total. The number of halogens is 1. The number of amides is 1. The molecular weight excluding hydrogens is 304 g/mol. The average Bonchev–Trinajstić information content (AvgIpc) is 2.38. The summed E-state index contributed by atoms with van der Waals surface area (Å²) in [6.07, 6.45) is 0.595. The number of hydrogen-bond acceptors (Lipinski definition) is 2. The molecule has 0 atom stereocenters. The van der Waals surface area contributed by atoms with Gasteiger partial charge in [-0.3, -0.25) is 4.79 Å². The zero-order valence-corrected chi connectivity index (χ0v) is 12.0. The molecule has 0 bridgehead atoms. The van der Waals surface area contributed by atoms with Crippen molar-refractivity contribution >= 4 is 38.3 Å². The van der Waals surface area contributed by atoms with Crippen LogP contribution in [0.5, 0.6) is 0 Å². The molecule has 1 heterocycles. The molecule has 19 heavy (non-hydrogen) atoms. The summed E-state index contributed by atoms with van der Waals surface area (Å²) in [4.78, 5) is 12.0. The first kappa shape index (κ1) is 12.6. The van der Waals surface area contributed by atoms with Crippen molar-refractivity contribution in [3.05, 3.63) is 40.9 Å². The van der Waals surface area contributed by atoms with Gasteiger partial charge in [0.05, 0.1) is 0 Å². The van der Waals surface area contributed by atoms with Gasteiger partial charge in [0.25, 0.3) is 0 Å². The number of rotatable bonds is 3. The van der Waals surface area contributed by atoms with Gasteiger partial charge in [0.2, 0.25) is 5.91 Å². The molecule has 1 fully saturated rings. The summed E-state index contributed by atoms with van der Waals surface area (Å²) in [7, 11) is 0. The molecule has 2 aromatic carbocycles. The number of anilines is 1. The molecule has 2 N–H and O–H groups in total. The zero-order chi connectivity index (χ0) is 13.2. The van der Waals surface area contributed by atoms with Gasteiger partial charge in [0, 0.05) is 22.0 Å². The molecule has 1 aliphatic rings. The smallest absolute Gasteiger partial charge is 0.224 e. The van der Waals surface area contributed by atoms with Crippen LogP contribution >= 0.6 is 15.9 Å². The lowest BCUT2D eigenvalue weighted by molar-refractivity contribution is -0.117. The molecule has 0 saturated carbocycles. The van der Waals surface area contributed by atoms with Gasteiger partial charge in [0.1, 0.15) is 0 Å². The van der Waals surface area contributed by atoms with Gasteiger partial charge < -0.3 is 10.6 Å². The van der Waals surface area contributed by atoms with Crippen molar-refractivity contribution < 1.29 is 4.79 Å². The van der Waals surface area contributed by atoms with Crippen molar-refractivity contribution in [1.82, 2.24) is 5.32 Å². The Labute approximate surface area is 120 Å². The zero-order valence-electron chi connectivity index (χ0n) is 10.4. The normalized spacial score (nSPS) is 15.2. The fraction of sp³-hybridized carbons (Fsp3) is 0.267. The van der Waals surface area contributed by atoms with E-state index in [9.17, 15) is 4.79 Å². The second-order valence-corrected chi connectivity index (χ2v) is 5.77. The number of benzene rings is 2. The van der Waals surface area contributed by atoms with E-state index in [1.807, 2.05) is 36.4 Å². The SMILES string of the molecule is O=C(CC1CNC1)Nc1ccc(Br)c2ccccc12. The molecule has 1 amide bonds. The maximum absolute atomic E-state index is 12.0. The Balaban J connectivity index is 1.84. The van der Waals surface area contributed by atoms with Crippen molar-refractivity contribution in [2.75, 3.05) is 18.4 Å². The van der Waals surface area contributed by atoms with Crippen LogP contribution in [-0.4, -0.2) is 19.0 Å². The molecule has 0 aliphatic carbocycles. The maximum Gasteiger partial charge on any atom is 0.224 e. The first-order valence-electron chi connectivity index (χ1n) is 6.42. The number of carbonyl (C=O) groups is 1. The van der Waals surface area contributed by atoms with E-state index in [0.29, 0.717) is 12.3 Å². The van der Waals surface area contributed by atoms with Crippen LogP contribution in [0, 0.1) is 5.92 Å². The summed E-state index contributed by atoms with van der Waals surface area (Å²) < 4.78 is 1.05. The lowest BCUT2D eigenvalue weighted by Crippen LogP contribution is -2.43. The Kier molecular flexibility index (Phi) is 3.53. The highest BCUT2D eigenvalue weighted by Crippen LogP contribution is 2.30. The molecule has 98 valence electrons. The standard InChI is InChI=1S/C15H15BrN2O/c16-13-5-6-14(12-4-2-1-3-11(12)13)18-15(19)7-10-8-17-9-10/h1-6,10,17H,7-9H2,(H,18,19). The first-order chi connectivity index (χ1) is 9.24. The average molecular weight is 319 g/mol. The van der Waals surface area contributed by atoms with Crippen LogP contribution in [0.3, 0.4) is 0 Å².